The third-order valence-electron chi connectivity index (χ3n) is 2.25. The fraction of sp³-hybridized carbons (Fsp3) is 0.333. The molecule has 0 aliphatic rings. The molecule has 0 aromatic heterocycles. The summed E-state index contributed by atoms with van der Waals surface area (Å²) in [5.74, 6) is 0.204. The summed E-state index contributed by atoms with van der Waals surface area (Å²) in [6, 6.07) is 7.37. The van der Waals surface area contributed by atoms with Crippen molar-refractivity contribution in [2.45, 2.75) is 20.3 Å². The number of nitrogens with two attached hydrogens (primary N) is 2. The fourth-order valence-electron chi connectivity index (χ4n) is 1.30. The predicted molar refractivity (Wildman–Crippen MR) is 65.5 cm³/mol. The molecule has 0 saturated heterocycles. The number of aliphatic imine (C=N–C) groups is 1. The molecular weight excluding hydrogens is 202 g/mol. The van der Waals surface area contributed by atoms with E-state index >= 15 is 0 Å². The lowest BCUT2D eigenvalue weighted by Gasteiger charge is -2.07. The number of para-hydroxylation sites is 1. The maximum Gasteiger partial charge on any atom is 0.191 e. The maximum absolute atomic E-state index is 11.6. The predicted octanol–water partition coefficient (Wildman–Crippen LogP) is 1.36. The SMILES string of the molecule is CC(C)C(=O)Cc1ccccc1N=C(N)N. The molecule has 0 unspecified atom stereocenters. The topological polar surface area (TPSA) is 81.5 Å². The number of benzene rings is 1. The quantitative estimate of drug-likeness (QED) is 0.592. The fourth-order valence-corrected chi connectivity index (χ4v) is 1.30. The molecule has 4 heteroatoms. The van der Waals surface area contributed by atoms with E-state index in [-0.39, 0.29) is 17.7 Å². The van der Waals surface area contributed by atoms with Gasteiger partial charge in [0.15, 0.2) is 5.96 Å². The second-order valence-electron chi connectivity index (χ2n) is 3.96. The Bertz CT molecular complexity index is 406. The summed E-state index contributed by atoms with van der Waals surface area (Å²) >= 11 is 0. The van der Waals surface area contributed by atoms with Crippen molar-refractivity contribution in [3.63, 3.8) is 0 Å². The van der Waals surface area contributed by atoms with E-state index in [0.29, 0.717) is 12.1 Å². The van der Waals surface area contributed by atoms with Crippen molar-refractivity contribution in [1.29, 1.82) is 0 Å². The molecule has 0 atom stereocenters. The van der Waals surface area contributed by atoms with Gasteiger partial charge in [-0.15, -0.1) is 0 Å². The van der Waals surface area contributed by atoms with Crippen LogP contribution in [0.2, 0.25) is 0 Å². The summed E-state index contributed by atoms with van der Waals surface area (Å²) in [4.78, 5) is 15.6. The van der Waals surface area contributed by atoms with Gasteiger partial charge < -0.3 is 11.5 Å². The number of rotatable bonds is 4. The van der Waals surface area contributed by atoms with Gasteiger partial charge in [0.05, 0.1) is 5.69 Å². The zero-order valence-corrected chi connectivity index (χ0v) is 9.60. The summed E-state index contributed by atoms with van der Waals surface area (Å²) in [5, 5.41) is 0. The van der Waals surface area contributed by atoms with Gasteiger partial charge in [0.2, 0.25) is 0 Å². The number of hydrogen-bond acceptors (Lipinski definition) is 2. The molecule has 0 radical (unpaired) electrons. The van der Waals surface area contributed by atoms with Crippen LogP contribution in [0.3, 0.4) is 0 Å². The molecule has 86 valence electrons. The normalized spacial score (nSPS) is 10.2. The molecule has 0 fully saturated rings. The summed E-state index contributed by atoms with van der Waals surface area (Å²) in [7, 11) is 0. The van der Waals surface area contributed by atoms with Crippen LogP contribution in [0.4, 0.5) is 5.69 Å². The smallest absolute Gasteiger partial charge is 0.191 e. The zero-order chi connectivity index (χ0) is 12.1. The first-order valence-corrected chi connectivity index (χ1v) is 5.21. The van der Waals surface area contributed by atoms with E-state index in [9.17, 15) is 4.79 Å². The van der Waals surface area contributed by atoms with Crippen LogP contribution < -0.4 is 11.5 Å². The number of nitrogens with zero attached hydrogens (tertiary/aromatic N) is 1. The highest BCUT2D eigenvalue weighted by Gasteiger charge is 2.10. The molecule has 1 aromatic carbocycles. The van der Waals surface area contributed by atoms with Crippen molar-refractivity contribution in [3.8, 4) is 0 Å². The van der Waals surface area contributed by atoms with Gasteiger partial charge in [-0.25, -0.2) is 4.99 Å². The van der Waals surface area contributed by atoms with E-state index < -0.39 is 0 Å². The van der Waals surface area contributed by atoms with Gasteiger partial charge in [0, 0.05) is 12.3 Å². The van der Waals surface area contributed by atoms with Crippen LogP contribution in [0, 0.1) is 5.92 Å². The Balaban J connectivity index is 2.96. The van der Waals surface area contributed by atoms with Crippen LogP contribution in [0.15, 0.2) is 29.3 Å². The molecule has 0 heterocycles. The van der Waals surface area contributed by atoms with Crippen LogP contribution in [0.25, 0.3) is 0 Å². The molecule has 1 rings (SSSR count). The summed E-state index contributed by atoms with van der Waals surface area (Å²) < 4.78 is 0. The Morgan fingerprint density at radius 3 is 2.50 bits per heavy atom. The standard InChI is InChI=1S/C12H17N3O/c1-8(2)11(16)7-9-5-3-4-6-10(9)15-12(13)14/h3-6,8H,7H2,1-2H3,(H4,13,14,15). The Morgan fingerprint density at radius 2 is 1.94 bits per heavy atom. The second-order valence-corrected chi connectivity index (χ2v) is 3.96. The van der Waals surface area contributed by atoms with Crippen LogP contribution in [0.1, 0.15) is 19.4 Å². The largest absolute Gasteiger partial charge is 0.370 e. The lowest BCUT2D eigenvalue weighted by molar-refractivity contribution is -0.121. The van der Waals surface area contributed by atoms with Gasteiger partial charge in [0.1, 0.15) is 5.78 Å². The van der Waals surface area contributed by atoms with E-state index in [1.807, 2.05) is 32.0 Å². The van der Waals surface area contributed by atoms with Crippen molar-refractivity contribution in [2.75, 3.05) is 0 Å². The minimum absolute atomic E-state index is 0.00412. The van der Waals surface area contributed by atoms with E-state index in [1.165, 1.54) is 0 Å². The number of carbonyl (C=O) groups is 1. The molecule has 4 nitrogen and oxygen atoms in total. The summed E-state index contributed by atoms with van der Waals surface area (Å²) in [5.41, 5.74) is 12.2. The molecule has 0 aliphatic heterocycles. The van der Waals surface area contributed by atoms with Crippen molar-refractivity contribution >= 4 is 17.4 Å². The molecule has 1 aromatic rings. The molecule has 0 saturated carbocycles. The number of ketones is 1. The Labute approximate surface area is 95.4 Å². The Hall–Kier alpha value is -1.84. The number of hydrogen-bond donors (Lipinski definition) is 2. The van der Waals surface area contributed by atoms with Gasteiger partial charge in [-0.1, -0.05) is 32.0 Å². The van der Waals surface area contributed by atoms with Gasteiger partial charge in [-0.3, -0.25) is 4.79 Å². The lowest BCUT2D eigenvalue weighted by atomic mass is 10.00. The first kappa shape index (κ1) is 12.2. The van der Waals surface area contributed by atoms with Crippen molar-refractivity contribution < 1.29 is 4.79 Å². The molecular formula is C12H17N3O. The molecule has 0 bridgehead atoms. The summed E-state index contributed by atoms with van der Waals surface area (Å²) in [6.45, 7) is 3.76. The zero-order valence-electron chi connectivity index (χ0n) is 9.60. The summed E-state index contributed by atoms with van der Waals surface area (Å²) in [6.07, 6.45) is 0.366. The van der Waals surface area contributed by atoms with Crippen LogP contribution in [-0.4, -0.2) is 11.7 Å². The second kappa shape index (κ2) is 5.30. The third kappa shape index (κ3) is 3.38. The van der Waals surface area contributed by atoms with Gasteiger partial charge >= 0.3 is 0 Å². The number of Topliss-reactive ketones (excluding diaryl/α,β-unsaturated/α-hetero) is 1. The average Bonchev–Trinajstić information content (AvgIpc) is 2.20. The number of carbonyl (C=O) groups excluding carboxylic acids is 1. The lowest BCUT2D eigenvalue weighted by Crippen LogP contribution is -2.22. The molecule has 16 heavy (non-hydrogen) atoms. The van der Waals surface area contributed by atoms with Crippen molar-refractivity contribution in [2.24, 2.45) is 22.4 Å². The average molecular weight is 219 g/mol. The van der Waals surface area contributed by atoms with Crippen LogP contribution in [0.5, 0.6) is 0 Å². The highest BCUT2D eigenvalue weighted by Crippen LogP contribution is 2.20. The third-order valence-corrected chi connectivity index (χ3v) is 2.25. The Kier molecular flexibility index (Phi) is 4.05. The highest BCUT2D eigenvalue weighted by molar-refractivity contribution is 5.85. The molecule has 4 N–H and O–H groups in total. The minimum Gasteiger partial charge on any atom is -0.370 e. The molecule has 0 spiro atoms. The Morgan fingerprint density at radius 1 is 1.31 bits per heavy atom. The highest BCUT2D eigenvalue weighted by atomic mass is 16.1. The van der Waals surface area contributed by atoms with E-state index in [1.54, 1.807) is 6.07 Å². The van der Waals surface area contributed by atoms with Gasteiger partial charge in [-0.05, 0) is 11.6 Å². The molecule has 0 aliphatic carbocycles. The van der Waals surface area contributed by atoms with E-state index in [2.05, 4.69) is 4.99 Å². The monoisotopic (exact) mass is 219 g/mol. The van der Waals surface area contributed by atoms with E-state index in [4.69, 9.17) is 11.5 Å². The minimum atomic E-state index is 0.00412. The maximum atomic E-state index is 11.6. The van der Waals surface area contributed by atoms with E-state index in [0.717, 1.165) is 5.56 Å². The molecule has 0 amide bonds. The number of guanidine groups is 1. The van der Waals surface area contributed by atoms with Crippen molar-refractivity contribution in [1.82, 2.24) is 0 Å². The van der Waals surface area contributed by atoms with Gasteiger partial charge in [-0.2, -0.15) is 0 Å². The first-order valence-electron chi connectivity index (χ1n) is 5.21. The van der Waals surface area contributed by atoms with Gasteiger partial charge in [0.25, 0.3) is 0 Å². The first-order chi connectivity index (χ1) is 7.50. The van der Waals surface area contributed by atoms with Crippen LogP contribution in [-0.2, 0) is 11.2 Å². The van der Waals surface area contributed by atoms with Crippen molar-refractivity contribution in [3.05, 3.63) is 29.8 Å². The van der Waals surface area contributed by atoms with Crippen LogP contribution >= 0.6 is 0 Å².